The summed E-state index contributed by atoms with van der Waals surface area (Å²) in [5.41, 5.74) is 6.19. The molecule has 0 radical (unpaired) electrons. The van der Waals surface area contributed by atoms with Crippen LogP contribution in [0.25, 0.3) is 16.8 Å². The van der Waals surface area contributed by atoms with Gasteiger partial charge in [-0.25, -0.2) is 14.4 Å². The zero-order chi connectivity index (χ0) is 25.1. The molecule has 36 heavy (non-hydrogen) atoms. The number of anilines is 1. The summed E-state index contributed by atoms with van der Waals surface area (Å²) in [6.45, 7) is 0.430. The number of aromatic nitrogens is 3. The normalized spacial score (nSPS) is 23.9. The van der Waals surface area contributed by atoms with Crippen LogP contribution in [-0.4, -0.2) is 38.3 Å². The highest BCUT2D eigenvalue weighted by Gasteiger charge is 2.52. The number of rotatable bonds is 5. The SMILES string of the molecule is Nc1nccn2c(C34CCC(CO)(CC3)OC4)nc(-c3ccc(C(F)(F)c4ccccc4F)cc3)c12. The van der Waals surface area contributed by atoms with Gasteiger partial charge in [0, 0.05) is 23.5 Å². The van der Waals surface area contributed by atoms with E-state index in [1.165, 1.54) is 24.3 Å². The third-order valence-electron chi connectivity index (χ3n) is 7.85. The van der Waals surface area contributed by atoms with Gasteiger partial charge in [-0.1, -0.05) is 36.4 Å². The van der Waals surface area contributed by atoms with Crippen LogP contribution in [0.15, 0.2) is 60.9 Å². The molecule has 6 nitrogen and oxygen atoms in total. The van der Waals surface area contributed by atoms with Crippen LogP contribution in [0.3, 0.4) is 0 Å². The summed E-state index contributed by atoms with van der Waals surface area (Å²) in [5, 5.41) is 9.80. The maximum Gasteiger partial charge on any atom is 0.301 e. The number of ether oxygens (including phenoxy) is 1. The number of nitrogen functional groups attached to an aromatic ring is 1. The number of hydrogen-bond acceptors (Lipinski definition) is 5. The van der Waals surface area contributed by atoms with Crippen LogP contribution in [0.4, 0.5) is 19.0 Å². The van der Waals surface area contributed by atoms with Crippen molar-refractivity contribution in [3.05, 3.63) is 83.7 Å². The Morgan fingerprint density at radius 1 is 1.06 bits per heavy atom. The van der Waals surface area contributed by atoms with Crippen LogP contribution in [-0.2, 0) is 16.1 Å². The number of benzene rings is 2. The molecular weight excluding hydrogens is 469 g/mol. The van der Waals surface area contributed by atoms with E-state index in [2.05, 4.69) is 4.98 Å². The minimum Gasteiger partial charge on any atom is -0.393 e. The van der Waals surface area contributed by atoms with Crippen LogP contribution in [0.2, 0.25) is 0 Å². The molecule has 2 saturated heterocycles. The molecule has 9 heteroatoms. The Kier molecular flexibility index (Phi) is 5.14. The highest BCUT2D eigenvalue weighted by atomic mass is 19.3. The Labute approximate surface area is 205 Å². The van der Waals surface area contributed by atoms with Gasteiger partial charge in [0.05, 0.1) is 29.8 Å². The van der Waals surface area contributed by atoms with Crippen molar-refractivity contribution in [3.63, 3.8) is 0 Å². The largest absolute Gasteiger partial charge is 0.393 e. The minimum atomic E-state index is -3.49. The van der Waals surface area contributed by atoms with E-state index in [-0.39, 0.29) is 23.4 Å². The molecule has 7 rings (SSSR count). The van der Waals surface area contributed by atoms with Gasteiger partial charge in [0.25, 0.3) is 0 Å². The molecule has 0 atom stereocenters. The Morgan fingerprint density at radius 2 is 1.78 bits per heavy atom. The number of aliphatic hydroxyl groups excluding tert-OH is 1. The molecule has 4 aromatic rings. The minimum absolute atomic E-state index is 0.00259. The molecule has 2 aliphatic heterocycles. The van der Waals surface area contributed by atoms with Crippen LogP contribution >= 0.6 is 0 Å². The lowest BCUT2D eigenvalue weighted by molar-refractivity contribution is -0.177. The van der Waals surface area contributed by atoms with Gasteiger partial charge in [0.1, 0.15) is 28.7 Å². The quantitative estimate of drug-likeness (QED) is 0.415. The summed E-state index contributed by atoms with van der Waals surface area (Å²) >= 11 is 0. The number of imidazole rings is 1. The molecule has 2 aromatic carbocycles. The van der Waals surface area contributed by atoms with Gasteiger partial charge in [-0.15, -0.1) is 0 Å². The average molecular weight is 495 g/mol. The number of nitrogens with two attached hydrogens (primary N) is 1. The number of halogens is 3. The lowest BCUT2D eigenvalue weighted by Gasteiger charge is -2.51. The van der Waals surface area contributed by atoms with Gasteiger partial charge in [-0.2, -0.15) is 8.78 Å². The molecule has 4 heterocycles. The first-order valence-corrected chi connectivity index (χ1v) is 11.9. The molecule has 0 amide bonds. The number of alkyl halides is 2. The Bertz CT molecular complexity index is 1430. The van der Waals surface area contributed by atoms with Gasteiger partial charge in [0.15, 0.2) is 0 Å². The van der Waals surface area contributed by atoms with E-state index in [9.17, 15) is 9.50 Å². The lowest BCUT2D eigenvalue weighted by Crippen LogP contribution is -2.55. The number of hydrogen-bond donors (Lipinski definition) is 2. The third kappa shape index (κ3) is 3.33. The molecule has 0 unspecified atom stereocenters. The summed E-state index contributed by atoms with van der Waals surface area (Å²) in [5.74, 6) is -3.39. The van der Waals surface area contributed by atoms with E-state index >= 15 is 8.78 Å². The number of nitrogens with zero attached hydrogens (tertiary/aromatic N) is 3. The van der Waals surface area contributed by atoms with Crippen molar-refractivity contribution in [2.45, 2.75) is 42.6 Å². The Morgan fingerprint density at radius 3 is 2.42 bits per heavy atom. The first kappa shape index (κ1) is 23.0. The zero-order valence-electron chi connectivity index (χ0n) is 19.4. The molecule has 2 aromatic heterocycles. The molecule has 2 bridgehead atoms. The monoisotopic (exact) mass is 494 g/mol. The van der Waals surface area contributed by atoms with Gasteiger partial charge in [0.2, 0.25) is 0 Å². The van der Waals surface area contributed by atoms with Gasteiger partial charge < -0.3 is 15.6 Å². The van der Waals surface area contributed by atoms with Crippen molar-refractivity contribution >= 4 is 11.3 Å². The molecule has 1 saturated carbocycles. The Hall–Kier alpha value is -3.43. The van der Waals surface area contributed by atoms with Crippen LogP contribution in [0.5, 0.6) is 0 Å². The highest BCUT2D eigenvalue weighted by molar-refractivity contribution is 5.85. The van der Waals surface area contributed by atoms with Gasteiger partial charge >= 0.3 is 5.92 Å². The van der Waals surface area contributed by atoms with E-state index in [0.717, 1.165) is 43.6 Å². The fraction of sp³-hybridized carbons (Fsp3) is 0.333. The van der Waals surface area contributed by atoms with Crippen molar-refractivity contribution < 1.29 is 23.0 Å². The van der Waals surface area contributed by atoms with Crippen LogP contribution in [0, 0.1) is 5.82 Å². The summed E-state index contributed by atoms with van der Waals surface area (Å²) in [4.78, 5) is 9.21. The van der Waals surface area contributed by atoms with Crippen molar-refractivity contribution in [1.82, 2.24) is 14.4 Å². The lowest BCUT2D eigenvalue weighted by atomic mass is 9.66. The smallest absolute Gasteiger partial charge is 0.301 e. The van der Waals surface area contributed by atoms with E-state index in [1.54, 1.807) is 24.5 Å². The molecular formula is C27H25F3N4O2. The van der Waals surface area contributed by atoms with Crippen molar-refractivity contribution in [2.75, 3.05) is 18.9 Å². The Balaban J connectivity index is 1.42. The van der Waals surface area contributed by atoms with Gasteiger partial charge in [-0.3, -0.25) is 4.40 Å². The molecule has 3 N–H and O–H groups in total. The fourth-order valence-electron chi connectivity index (χ4n) is 5.60. The average Bonchev–Trinajstić information content (AvgIpc) is 3.32. The molecule has 0 spiro atoms. The van der Waals surface area contributed by atoms with Crippen LogP contribution < -0.4 is 5.73 Å². The topological polar surface area (TPSA) is 85.7 Å². The van der Waals surface area contributed by atoms with Crippen molar-refractivity contribution in [2.24, 2.45) is 0 Å². The van der Waals surface area contributed by atoms with Gasteiger partial charge in [-0.05, 0) is 37.8 Å². The maximum absolute atomic E-state index is 15.1. The third-order valence-corrected chi connectivity index (χ3v) is 7.85. The second kappa shape index (κ2) is 8.04. The summed E-state index contributed by atoms with van der Waals surface area (Å²) in [7, 11) is 0. The number of fused-ring (bicyclic) bond motifs is 4. The van der Waals surface area contributed by atoms with E-state index in [0.29, 0.717) is 23.4 Å². The highest BCUT2D eigenvalue weighted by Crippen LogP contribution is 2.50. The molecule has 3 fully saturated rings. The van der Waals surface area contributed by atoms with Crippen molar-refractivity contribution in [1.29, 1.82) is 0 Å². The standard InChI is InChI=1S/C27H25F3N4O2/c28-20-4-2-1-3-19(20)27(29,30)18-7-5-17(6-8-18)21-22-23(31)32-13-14-34(22)24(33-21)25-9-11-26(15-35,12-10-25)36-16-25/h1-8,13-14,35H,9-12,15-16H2,(H2,31,32). The predicted molar refractivity (Wildman–Crippen MR) is 128 cm³/mol. The molecule has 186 valence electrons. The van der Waals surface area contributed by atoms with Crippen LogP contribution in [0.1, 0.15) is 42.6 Å². The second-order valence-corrected chi connectivity index (χ2v) is 9.86. The molecule has 1 aliphatic carbocycles. The maximum atomic E-state index is 15.1. The zero-order valence-corrected chi connectivity index (χ0v) is 19.4. The predicted octanol–water partition coefficient (Wildman–Crippen LogP) is 4.83. The molecule has 3 aliphatic rings. The first-order valence-electron chi connectivity index (χ1n) is 11.9. The summed E-state index contributed by atoms with van der Waals surface area (Å²) < 4.78 is 52.3. The fourth-order valence-corrected chi connectivity index (χ4v) is 5.60. The summed E-state index contributed by atoms with van der Waals surface area (Å²) in [6.07, 6.45) is 6.48. The summed E-state index contributed by atoms with van der Waals surface area (Å²) in [6, 6.07) is 10.6. The number of aliphatic hydroxyl groups is 1. The van der Waals surface area contributed by atoms with Crippen molar-refractivity contribution in [3.8, 4) is 11.3 Å². The second-order valence-electron chi connectivity index (χ2n) is 9.86. The first-order chi connectivity index (χ1) is 17.3. The van der Waals surface area contributed by atoms with E-state index in [1.807, 2.05) is 4.40 Å². The van der Waals surface area contributed by atoms with E-state index < -0.39 is 22.9 Å². The van der Waals surface area contributed by atoms with E-state index in [4.69, 9.17) is 15.5 Å².